The van der Waals surface area contributed by atoms with Crippen LogP contribution in [0, 0.1) is 0 Å². The Labute approximate surface area is 72.7 Å². The molecule has 10 heavy (non-hydrogen) atoms. The van der Waals surface area contributed by atoms with E-state index in [1.165, 1.54) is 0 Å². The van der Waals surface area contributed by atoms with E-state index in [-0.39, 0.29) is 23.2 Å². The van der Waals surface area contributed by atoms with E-state index in [1.54, 1.807) is 0 Å². The lowest BCUT2D eigenvalue weighted by atomic mass is 10.1. The van der Waals surface area contributed by atoms with Crippen LogP contribution in [0.2, 0.25) is 0 Å². The topological polar surface area (TPSA) is 33.7 Å². The molecule has 0 spiro atoms. The minimum Gasteiger partial charge on any atom is -1.00 e. The summed E-state index contributed by atoms with van der Waals surface area (Å²) in [5, 5.41) is 1.62. The Balaban J connectivity index is 0. The standard InChI is InChI=1S/C6H12ClNO.ClH/c1-6(2,3)8-4-5(7)9;/h8H,4H2,1-3H3;1H. The quantitative estimate of drug-likeness (QED) is 0.462. The second kappa shape index (κ2) is 4.94. The maximum atomic E-state index is 10.2. The first-order valence-corrected chi connectivity index (χ1v) is 3.32. The highest BCUT2D eigenvalue weighted by atomic mass is 35.5. The summed E-state index contributed by atoms with van der Waals surface area (Å²) in [5.41, 5.74) is 0.102. The lowest BCUT2D eigenvalue weighted by molar-refractivity contribution is -0.706. The Kier molecular flexibility index (Phi) is 6.35. The monoisotopic (exact) mass is 185 g/mol. The molecule has 0 atom stereocenters. The first-order chi connectivity index (χ1) is 3.92. The van der Waals surface area contributed by atoms with Crippen LogP contribution in [0.25, 0.3) is 0 Å². The summed E-state index contributed by atoms with van der Waals surface area (Å²) in [6, 6.07) is 0. The zero-order valence-corrected chi connectivity index (χ0v) is 7.96. The molecule has 0 aromatic carbocycles. The van der Waals surface area contributed by atoms with Gasteiger partial charge in [-0.25, -0.2) is 0 Å². The van der Waals surface area contributed by atoms with Gasteiger partial charge in [0.2, 0.25) is 0 Å². The maximum Gasteiger partial charge on any atom is 0.276 e. The molecule has 0 bridgehead atoms. The molecule has 0 aromatic rings. The fourth-order valence-electron chi connectivity index (χ4n) is 0.386. The van der Waals surface area contributed by atoms with Crippen molar-refractivity contribution in [2.45, 2.75) is 26.3 Å². The van der Waals surface area contributed by atoms with E-state index in [0.29, 0.717) is 6.54 Å². The molecule has 0 radical (unpaired) electrons. The summed E-state index contributed by atoms with van der Waals surface area (Å²) in [4.78, 5) is 10.2. The molecule has 2 nitrogen and oxygen atoms in total. The van der Waals surface area contributed by atoms with Crippen molar-refractivity contribution in [1.82, 2.24) is 0 Å². The lowest BCUT2D eigenvalue weighted by Crippen LogP contribution is -3.00. The highest BCUT2D eigenvalue weighted by Crippen LogP contribution is 1.88. The number of rotatable bonds is 2. The second-order valence-corrected chi connectivity index (χ2v) is 3.55. The Bertz CT molecular complexity index is 109. The van der Waals surface area contributed by atoms with E-state index in [9.17, 15) is 4.79 Å². The molecule has 0 aromatic heterocycles. The normalized spacial score (nSPS) is 10.4. The first-order valence-electron chi connectivity index (χ1n) is 2.94. The predicted molar refractivity (Wildman–Crippen MR) is 37.4 cm³/mol. The predicted octanol–water partition coefficient (Wildman–Crippen LogP) is -2.88. The molecule has 0 aliphatic carbocycles. The minimum absolute atomic E-state index is 0. The Hall–Kier alpha value is 0.210. The van der Waals surface area contributed by atoms with Crippen LogP contribution in [-0.2, 0) is 4.79 Å². The highest BCUT2D eigenvalue weighted by Gasteiger charge is 2.13. The Morgan fingerprint density at radius 1 is 1.50 bits per heavy atom. The van der Waals surface area contributed by atoms with Crippen molar-refractivity contribution in [1.29, 1.82) is 0 Å². The number of nitrogens with two attached hydrogens (primary N) is 1. The average molecular weight is 186 g/mol. The first kappa shape index (κ1) is 12.8. The molecule has 0 fully saturated rings. The van der Waals surface area contributed by atoms with Crippen molar-refractivity contribution in [2.75, 3.05) is 6.54 Å². The van der Waals surface area contributed by atoms with Crippen LogP contribution in [0.3, 0.4) is 0 Å². The van der Waals surface area contributed by atoms with Gasteiger partial charge in [0.25, 0.3) is 5.24 Å². The summed E-state index contributed by atoms with van der Waals surface area (Å²) in [6.07, 6.45) is 0. The van der Waals surface area contributed by atoms with E-state index < -0.39 is 0 Å². The number of hydrogen-bond acceptors (Lipinski definition) is 1. The number of halogens is 2. The third-order valence-electron chi connectivity index (χ3n) is 0.875. The second-order valence-electron chi connectivity index (χ2n) is 3.13. The molecule has 0 amide bonds. The Morgan fingerprint density at radius 3 is 2.00 bits per heavy atom. The van der Waals surface area contributed by atoms with Crippen molar-refractivity contribution in [3.63, 3.8) is 0 Å². The van der Waals surface area contributed by atoms with Crippen molar-refractivity contribution in [2.24, 2.45) is 0 Å². The highest BCUT2D eigenvalue weighted by molar-refractivity contribution is 6.63. The van der Waals surface area contributed by atoms with Crippen LogP contribution in [0.4, 0.5) is 0 Å². The average Bonchev–Trinajstić information content (AvgIpc) is 1.59. The van der Waals surface area contributed by atoms with Crippen LogP contribution < -0.4 is 17.7 Å². The molecule has 0 aliphatic rings. The van der Waals surface area contributed by atoms with Gasteiger partial charge in [-0.3, -0.25) is 4.79 Å². The Morgan fingerprint density at radius 2 is 1.90 bits per heavy atom. The lowest BCUT2D eigenvalue weighted by Gasteiger charge is -2.14. The summed E-state index contributed by atoms with van der Waals surface area (Å²) in [6.45, 7) is 6.47. The van der Waals surface area contributed by atoms with Gasteiger partial charge in [-0.1, -0.05) is 0 Å². The summed E-state index contributed by atoms with van der Waals surface area (Å²) in [7, 11) is 0. The van der Waals surface area contributed by atoms with Crippen molar-refractivity contribution in [3.8, 4) is 0 Å². The molecular weight excluding hydrogens is 173 g/mol. The van der Waals surface area contributed by atoms with E-state index in [1.807, 2.05) is 26.1 Å². The van der Waals surface area contributed by atoms with Gasteiger partial charge in [0.05, 0.1) is 5.54 Å². The summed E-state index contributed by atoms with van der Waals surface area (Å²) in [5.74, 6) is 0. The van der Waals surface area contributed by atoms with E-state index in [0.717, 1.165) is 0 Å². The fraction of sp³-hybridized carbons (Fsp3) is 0.833. The van der Waals surface area contributed by atoms with Gasteiger partial charge in [0.15, 0.2) is 6.54 Å². The number of hydrogen-bond donors (Lipinski definition) is 1. The van der Waals surface area contributed by atoms with Gasteiger partial charge in [-0.05, 0) is 32.4 Å². The molecule has 0 saturated heterocycles. The van der Waals surface area contributed by atoms with Gasteiger partial charge < -0.3 is 17.7 Å². The van der Waals surface area contributed by atoms with E-state index >= 15 is 0 Å². The largest absolute Gasteiger partial charge is 1.00 e. The third kappa shape index (κ3) is 11.1. The van der Waals surface area contributed by atoms with Gasteiger partial charge >= 0.3 is 0 Å². The molecule has 0 saturated carbocycles. The smallest absolute Gasteiger partial charge is 0.276 e. The van der Waals surface area contributed by atoms with Gasteiger partial charge in [0.1, 0.15) is 0 Å². The molecule has 62 valence electrons. The number of carbonyl (C=O) groups is 1. The van der Waals surface area contributed by atoms with Crippen LogP contribution in [-0.4, -0.2) is 17.3 Å². The van der Waals surface area contributed by atoms with Gasteiger partial charge in [-0.15, -0.1) is 0 Å². The van der Waals surface area contributed by atoms with Crippen LogP contribution in [0.1, 0.15) is 20.8 Å². The fourth-order valence-corrected chi connectivity index (χ4v) is 0.464. The van der Waals surface area contributed by atoms with Crippen molar-refractivity contribution >= 4 is 16.8 Å². The van der Waals surface area contributed by atoms with Crippen LogP contribution in [0.5, 0.6) is 0 Å². The molecule has 0 unspecified atom stereocenters. The van der Waals surface area contributed by atoms with Gasteiger partial charge in [-0.2, -0.15) is 0 Å². The number of carbonyl (C=O) groups excluding carboxylic acids is 1. The summed E-state index contributed by atoms with van der Waals surface area (Å²) < 4.78 is 0. The molecule has 2 N–H and O–H groups in total. The SMILES string of the molecule is CC(C)(C)[NH2+]CC(=O)Cl.[Cl-]. The van der Waals surface area contributed by atoms with E-state index in [2.05, 4.69) is 0 Å². The molecule has 0 heterocycles. The van der Waals surface area contributed by atoms with Crippen LogP contribution in [0.15, 0.2) is 0 Å². The van der Waals surface area contributed by atoms with Crippen molar-refractivity contribution in [3.05, 3.63) is 0 Å². The van der Waals surface area contributed by atoms with Crippen LogP contribution >= 0.6 is 11.6 Å². The molecule has 0 rings (SSSR count). The van der Waals surface area contributed by atoms with E-state index in [4.69, 9.17) is 11.6 Å². The molecule has 4 heteroatoms. The zero-order chi connectivity index (χ0) is 7.49. The number of quaternary nitrogens is 1. The molecule has 0 aliphatic heterocycles. The maximum absolute atomic E-state index is 10.2. The minimum atomic E-state index is -0.287. The van der Waals surface area contributed by atoms with Crippen molar-refractivity contribution < 1.29 is 22.5 Å². The van der Waals surface area contributed by atoms with Gasteiger partial charge in [0, 0.05) is 0 Å². The molecular formula is C6H13Cl2NO. The third-order valence-corrected chi connectivity index (χ3v) is 1.03. The summed E-state index contributed by atoms with van der Waals surface area (Å²) >= 11 is 5.11. The zero-order valence-electron chi connectivity index (χ0n) is 6.45.